The Kier molecular flexibility index (Phi) is 7.40. The number of carbonyl (C=O) groups is 1. The van der Waals surface area contributed by atoms with Crippen molar-refractivity contribution in [1.29, 1.82) is 0 Å². The molecule has 0 radical (unpaired) electrons. The van der Waals surface area contributed by atoms with Gasteiger partial charge in [-0.05, 0) is 56.9 Å². The number of hydrogen-bond donors (Lipinski definition) is 0. The molecule has 1 atom stereocenters. The molecule has 2 heterocycles. The Hall–Kier alpha value is -2.83. The number of amides is 1. The Labute approximate surface area is 211 Å². The van der Waals surface area contributed by atoms with E-state index >= 15 is 0 Å². The third kappa shape index (κ3) is 5.39. The minimum atomic E-state index is 0.0813. The first kappa shape index (κ1) is 23.9. The zero-order valence-corrected chi connectivity index (χ0v) is 20.9. The molecule has 0 N–H and O–H groups in total. The Morgan fingerprint density at radius 2 is 1.83 bits per heavy atom. The maximum Gasteiger partial charge on any atom is 0.227 e. The normalized spacial score (nSPS) is 18.2. The van der Waals surface area contributed by atoms with E-state index in [1.807, 2.05) is 60.4 Å². The molecule has 1 saturated carbocycles. The van der Waals surface area contributed by atoms with Gasteiger partial charge in [0.2, 0.25) is 11.8 Å². The number of hydrogen-bond acceptors (Lipinski definition) is 4. The van der Waals surface area contributed by atoms with Crippen molar-refractivity contribution >= 4 is 17.5 Å². The number of nitrogens with zero attached hydrogens (tertiary/aromatic N) is 3. The number of halogens is 1. The molecule has 7 heteroatoms. The second-order valence-electron chi connectivity index (χ2n) is 9.48. The van der Waals surface area contributed by atoms with Crippen molar-refractivity contribution in [3.8, 4) is 17.3 Å². The van der Waals surface area contributed by atoms with Gasteiger partial charge in [0.1, 0.15) is 5.75 Å². The highest BCUT2D eigenvalue weighted by molar-refractivity contribution is 6.32. The predicted octanol–water partition coefficient (Wildman–Crippen LogP) is 6.32. The molecule has 1 saturated heterocycles. The lowest BCUT2D eigenvalue weighted by molar-refractivity contribution is -0.137. The van der Waals surface area contributed by atoms with E-state index in [2.05, 4.69) is 0 Å². The van der Waals surface area contributed by atoms with Gasteiger partial charge in [0.05, 0.1) is 34.6 Å². The van der Waals surface area contributed by atoms with E-state index in [1.165, 1.54) is 0 Å². The molecule has 3 aromatic rings. The van der Waals surface area contributed by atoms with Gasteiger partial charge >= 0.3 is 0 Å². The van der Waals surface area contributed by atoms with Crippen LogP contribution in [0.15, 0.2) is 54.6 Å². The van der Waals surface area contributed by atoms with E-state index in [9.17, 15) is 4.79 Å². The van der Waals surface area contributed by atoms with Crippen molar-refractivity contribution in [3.05, 3.63) is 70.9 Å². The summed E-state index contributed by atoms with van der Waals surface area (Å²) in [7, 11) is 0. The quantitative estimate of drug-likeness (QED) is 0.368. The van der Waals surface area contributed by atoms with Crippen LogP contribution in [-0.4, -0.2) is 39.8 Å². The van der Waals surface area contributed by atoms with E-state index in [0.717, 1.165) is 62.1 Å². The number of ether oxygens (including phenoxy) is 2. The van der Waals surface area contributed by atoms with Crippen molar-refractivity contribution in [2.45, 2.75) is 58.1 Å². The van der Waals surface area contributed by atoms with E-state index in [4.69, 9.17) is 26.2 Å². The number of para-hydroxylation sites is 2. The van der Waals surface area contributed by atoms with Crippen molar-refractivity contribution in [3.63, 3.8) is 0 Å². The first-order chi connectivity index (χ1) is 17.1. The maximum absolute atomic E-state index is 13.6. The molecule has 35 heavy (non-hydrogen) atoms. The fourth-order valence-electron chi connectivity index (χ4n) is 5.09. The summed E-state index contributed by atoms with van der Waals surface area (Å²) in [6.07, 6.45) is 6.28. The zero-order chi connectivity index (χ0) is 24.2. The summed E-state index contributed by atoms with van der Waals surface area (Å²) >= 11 is 6.45. The second kappa shape index (κ2) is 10.8. The van der Waals surface area contributed by atoms with Gasteiger partial charge in [-0.25, -0.2) is 4.68 Å². The predicted molar refractivity (Wildman–Crippen MR) is 136 cm³/mol. The first-order valence-corrected chi connectivity index (χ1v) is 12.9. The second-order valence-corrected chi connectivity index (χ2v) is 9.89. The van der Waals surface area contributed by atoms with Crippen molar-refractivity contribution in [2.75, 3.05) is 13.2 Å². The summed E-state index contributed by atoms with van der Waals surface area (Å²) in [5.41, 5.74) is 2.60. The van der Waals surface area contributed by atoms with Crippen LogP contribution < -0.4 is 4.74 Å². The van der Waals surface area contributed by atoms with Crippen LogP contribution in [0, 0.1) is 12.8 Å². The highest BCUT2D eigenvalue weighted by atomic mass is 35.5. The molecule has 5 rings (SSSR count). The molecular formula is C28H32ClN3O3. The summed E-state index contributed by atoms with van der Waals surface area (Å²) in [6.45, 7) is 3.75. The molecule has 2 aliphatic rings. The third-order valence-electron chi connectivity index (χ3n) is 6.99. The Morgan fingerprint density at radius 1 is 1.09 bits per heavy atom. The summed E-state index contributed by atoms with van der Waals surface area (Å²) in [6, 6.07) is 17.3. The number of rotatable bonds is 8. The van der Waals surface area contributed by atoms with Crippen LogP contribution in [0.1, 0.15) is 49.8 Å². The van der Waals surface area contributed by atoms with Crippen LogP contribution in [0.4, 0.5) is 0 Å². The molecular weight excluding hydrogens is 462 g/mol. The molecule has 0 spiro atoms. The van der Waals surface area contributed by atoms with E-state index in [0.29, 0.717) is 29.7 Å². The molecule has 2 aromatic carbocycles. The van der Waals surface area contributed by atoms with E-state index in [-0.39, 0.29) is 17.9 Å². The fraction of sp³-hybridized carbons (Fsp3) is 0.429. The smallest absolute Gasteiger partial charge is 0.227 e. The lowest BCUT2D eigenvalue weighted by Crippen LogP contribution is -2.40. The number of aryl methyl sites for hydroxylation is 1. The van der Waals surface area contributed by atoms with Gasteiger partial charge in [0, 0.05) is 19.1 Å². The van der Waals surface area contributed by atoms with Crippen molar-refractivity contribution in [1.82, 2.24) is 14.7 Å². The van der Waals surface area contributed by atoms with Crippen LogP contribution in [0.3, 0.4) is 0 Å². The van der Waals surface area contributed by atoms with Crippen LogP contribution >= 0.6 is 11.6 Å². The lowest BCUT2D eigenvalue weighted by Gasteiger charge is -2.28. The molecule has 1 aliphatic carbocycles. The largest absolute Gasteiger partial charge is 0.437 e. The molecule has 1 amide bonds. The highest BCUT2D eigenvalue weighted by Crippen LogP contribution is 2.36. The molecule has 6 nitrogen and oxygen atoms in total. The highest BCUT2D eigenvalue weighted by Gasteiger charge is 2.32. The molecule has 0 bridgehead atoms. The maximum atomic E-state index is 13.6. The number of benzene rings is 2. The monoisotopic (exact) mass is 493 g/mol. The topological polar surface area (TPSA) is 56.6 Å². The Balaban J connectivity index is 1.52. The lowest BCUT2D eigenvalue weighted by atomic mass is 10.1. The average Bonchev–Trinajstić information content (AvgIpc) is 3.64. The minimum absolute atomic E-state index is 0.0813. The van der Waals surface area contributed by atoms with Crippen molar-refractivity contribution < 1.29 is 14.3 Å². The van der Waals surface area contributed by atoms with E-state index < -0.39 is 0 Å². The minimum Gasteiger partial charge on any atom is -0.437 e. The van der Waals surface area contributed by atoms with Gasteiger partial charge in [0.15, 0.2) is 0 Å². The standard InChI is InChI=1S/C28H32ClN3O3/c1-20-24(19-31(18-23-14-9-17-34-23)27(33)21-10-5-6-11-21)28(35-26-16-8-7-15-25(26)29)32(30-20)22-12-3-2-4-13-22/h2-4,7-8,12-13,15-16,21,23H,5-6,9-11,14,17-19H2,1H3/t23-/m0/s1. The van der Waals surface area contributed by atoms with Gasteiger partial charge in [-0.2, -0.15) is 5.10 Å². The summed E-state index contributed by atoms with van der Waals surface area (Å²) in [5, 5.41) is 5.35. The fourth-order valence-corrected chi connectivity index (χ4v) is 5.26. The molecule has 2 fully saturated rings. The number of carbonyl (C=O) groups excluding carboxylic acids is 1. The number of aromatic nitrogens is 2. The molecule has 1 aliphatic heterocycles. The first-order valence-electron chi connectivity index (χ1n) is 12.6. The SMILES string of the molecule is Cc1nn(-c2ccccc2)c(Oc2ccccc2Cl)c1CN(C[C@@H]1CCCO1)C(=O)C1CCCC1. The van der Waals surface area contributed by atoms with Gasteiger partial charge in [-0.3, -0.25) is 4.79 Å². The summed E-state index contributed by atoms with van der Waals surface area (Å²) in [5.74, 6) is 1.45. The van der Waals surface area contributed by atoms with Crippen LogP contribution in [0.25, 0.3) is 5.69 Å². The Morgan fingerprint density at radius 3 is 2.54 bits per heavy atom. The molecule has 1 aromatic heterocycles. The van der Waals surface area contributed by atoms with Gasteiger partial charge in [0.25, 0.3) is 0 Å². The third-order valence-corrected chi connectivity index (χ3v) is 7.31. The Bertz CT molecular complexity index is 1150. The average molecular weight is 494 g/mol. The molecule has 184 valence electrons. The van der Waals surface area contributed by atoms with Crippen molar-refractivity contribution in [2.24, 2.45) is 5.92 Å². The van der Waals surface area contributed by atoms with Crippen LogP contribution in [0.5, 0.6) is 11.6 Å². The van der Waals surface area contributed by atoms with Crippen LogP contribution in [-0.2, 0) is 16.1 Å². The molecule has 0 unspecified atom stereocenters. The van der Waals surface area contributed by atoms with E-state index in [1.54, 1.807) is 10.7 Å². The van der Waals surface area contributed by atoms with Gasteiger partial charge in [-0.15, -0.1) is 0 Å². The van der Waals surface area contributed by atoms with Gasteiger partial charge in [-0.1, -0.05) is 54.8 Å². The van der Waals surface area contributed by atoms with Gasteiger partial charge < -0.3 is 14.4 Å². The zero-order valence-electron chi connectivity index (χ0n) is 20.2. The summed E-state index contributed by atoms with van der Waals surface area (Å²) in [4.78, 5) is 15.6. The van der Waals surface area contributed by atoms with Crippen LogP contribution in [0.2, 0.25) is 5.02 Å². The summed E-state index contributed by atoms with van der Waals surface area (Å²) < 4.78 is 14.1.